The molecule has 1 aliphatic rings. The summed E-state index contributed by atoms with van der Waals surface area (Å²) in [6.45, 7) is 2.18. The first-order valence-electron chi connectivity index (χ1n) is 6.11. The van der Waals surface area contributed by atoms with Crippen molar-refractivity contribution in [2.24, 2.45) is 0 Å². The lowest BCUT2D eigenvalue weighted by Gasteiger charge is -2.09. The third-order valence-corrected chi connectivity index (χ3v) is 4.21. The Labute approximate surface area is 115 Å². The number of carbonyl (C=O) groups is 1. The third kappa shape index (κ3) is 3.54. The highest BCUT2D eigenvalue weighted by Crippen LogP contribution is 2.32. The molecule has 5 nitrogen and oxygen atoms in total. The maximum Gasteiger partial charge on any atom is 0.283 e. The van der Waals surface area contributed by atoms with E-state index in [-0.39, 0.29) is 17.6 Å². The average Bonchev–Trinajstić information content (AvgIpc) is 2.89. The van der Waals surface area contributed by atoms with Gasteiger partial charge in [0.1, 0.15) is 0 Å². The van der Waals surface area contributed by atoms with Crippen LogP contribution in [0.15, 0.2) is 23.1 Å². The molecule has 1 aromatic rings. The van der Waals surface area contributed by atoms with Crippen LogP contribution >= 0.6 is 11.8 Å². The van der Waals surface area contributed by atoms with Crippen LogP contribution in [0.5, 0.6) is 0 Å². The molecule has 1 fully saturated rings. The number of carbonyl (C=O) groups excluding carboxylic acids is 1. The van der Waals surface area contributed by atoms with E-state index in [0.717, 1.165) is 19.4 Å². The number of hydrogen-bond acceptors (Lipinski definition) is 5. The lowest BCUT2D eigenvalue weighted by Crippen LogP contribution is -2.08. The largest absolute Gasteiger partial charge is 0.377 e. The minimum absolute atomic E-state index is 0.00398. The van der Waals surface area contributed by atoms with E-state index in [0.29, 0.717) is 16.2 Å². The zero-order valence-corrected chi connectivity index (χ0v) is 11.4. The number of nitro groups is 1. The fourth-order valence-corrected chi connectivity index (χ4v) is 3.03. The van der Waals surface area contributed by atoms with E-state index < -0.39 is 4.92 Å². The van der Waals surface area contributed by atoms with Crippen LogP contribution in [0.3, 0.4) is 0 Å². The molecule has 1 atom stereocenters. The maximum atomic E-state index is 11.2. The van der Waals surface area contributed by atoms with Gasteiger partial charge < -0.3 is 4.74 Å². The number of ether oxygens (including phenoxy) is 1. The molecule has 0 bridgehead atoms. The molecule has 0 aromatic heterocycles. The van der Waals surface area contributed by atoms with Crippen molar-refractivity contribution in [3.05, 3.63) is 33.9 Å². The molecule has 0 N–H and O–H groups in total. The molecule has 0 radical (unpaired) electrons. The number of thioether (sulfide) groups is 1. The lowest BCUT2D eigenvalue weighted by molar-refractivity contribution is -0.387. The second kappa shape index (κ2) is 6.16. The van der Waals surface area contributed by atoms with Gasteiger partial charge >= 0.3 is 0 Å². The smallest absolute Gasteiger partial charge is 0.283 e. The Morgan fingerprint density at radius 2 is 2.37 bits per heavy atom. The standard InChI is InChI=1S/C13H15NO4S/c1-9(15)10-4-5-13(12(7-10)14(16)17)19-8-11-3-2-6-18-11/h4-5,7,11H,2-3,6,8H2,1H3. The number of Topliss-reactive ketones (excluding diaryl/α,β-unsaturated/α-hetero) is 1. The molecule has 0 spiro atoms. The molecule has 1 aromatic carbocycles. The van der Waals surface area contributed by atoms with Crippen LogP contribution in [-0.4, -0.2) is 29.2 Å². The highest BCUT2D eigenvalue weighted by atomic mass is 32.2. The van der Waals surface area contributed by atoms with Gasteiger partial charge in [-0.25, -0.2) is 0 Å². The summed E-state index contributed by atoms with van der Waals surface area (Å²) in [5, 5.41) is 11.0. The molecule has 1 unspecified atom stereocenters. The SMILES string of the molecule is CC(=O)c1ccc(SCC2CCCO2)c([N+](=O)[O-])c1. The van der Waals surface area contributed by atoms with Gasteiger partial charge in [-0.2, -0.15) is 0 Å². The van der Waals surface area contributed by atoms with Crippen LogP contribution in [0.2, 0.25) is 0 Å². The van der Waals surface area contributed by atoms with Gasteiger partial charge in [0.15, 0.2) is 5.78 Å². The van der Waals surface area contributed by atoms with Gasteiger partial charge in [-0.3, -0.25) is 14.9 Å². The summed E-state index contributed by atoms with van der Waals surface area (Å²) in [7, 11) is 0. The molecule has 1 saturated heterocycles. The molecule has 1 heterocycles. The van der Waals surface area contributed by atoms with Crippen LogP contribution in [-0.2, 0) is 4.74 Å². The third-order valence-electron chi connectivity index (χ3n) is 3.01. The summed E-state index contributed by atoms with van der Waals surface area (Å²) in [5.74, 6) is 0.541. The van der Waals surface area contributed by atoms with E-state index in [1.54, 1.807) is 12.1 Å². The molecule has 6 heteroatoms. The predicted octanol–water partition coefficient (Wildman–Crippen LogP) is 3.07. The number of nitro benzene ring substituents is 1. The Morgan fingerprint density at radius 1 is 1.58 bits per heavy atom. The maximum absolute atomic E-state index is 11.2. The lowest BCUT2D eigenvalue weighted by atomic mass is 10.1. The Balaban J connectivity index is 2.14. The van der Waals surface area contributed by atoms with Gasteiger partial charge in [0.25, 0.3) is 5.69 Å². The summed E-state index contributed by atoms with van der Waals surface area (Å²) in [6.07, 6.45) is 2.24. The first kappa shape index (κ1) is 14.0. The second-order valence-corrected chi connectivity index (χ2v) is 5.50. The van der Waals surface area contributed by atoms with Crippen LogP contribution in [0.1, 0.15) is 30.1 Å². The first-order chi connectivity index (χ1) is 9.08. The minimum Gasteiger partial charge on any atom is -0.377 e. The van der Waals surface area contributed by atoms with Crippen LogP contribution in [0.25, 0.3) is 0 Å². The second-order valence-electron chi connectivity index (χ2n) is 4.44. The molecule has 19 heavy (non-hydrogen) atoms. The Kier molecular flexibility index (Phi) is 4.55. The van der Waals surface area contributed by atoms with E-state index in [2.05, 4.69) is 0 Å². The normalized spacial score (nSPS) is 18.5. The topological polar surface area (TPSA) is 69.4 Å². The van der Waals surface area contributed by atoms with E-state index >= 15 is 0 Å². The molecular formula is C13H15NO4S. The van der Waals surface area contributed by atoms with Crippen molar-refractivity contribution < 1.29 is 14.5 Å². The highest BCUT2D eigenvalue weighted by molar-refractivity contribution is 7.99. The monoisotopic (exact) mass is 281 g/mol. The van der Waals surface area contributed by atoms with E-state index in [1.165, 1.54) is 24.8 Å². The fraction of sp³-hybridized carbons (Fsp3) is 0.462. The number of rotatable bonds is 5. The van der Waals surface area contributed by atoms with Crippen molar-refractivity contribution >= 4 is 23.2 Å². The summed E-state index contributed by atoms with van der Waals surface area (Å²) in [5.41, 5.74) is 0.365. The zero-order valence-electron chi connectivity index (χ0n) is 10.6. The predicted molar refractivity (Wildman–Crippen MR) is 72.8 cm³/mol. The van der Waals surface area contributed by atoms with Gasteiger partial charge in [-0.05, 0) is 31.9 Å². The number of hydrogen-bond donors (Lipinski definition) is 0. The van der Waals surface area contributed by atoms with E-state index in [9.17, 15) is 14.9 Å². The molecule has 0 amide bonds. The van der Waals surface area contributed by atoms with Gasteiger partial charge in [0.05, 0.1) is 15.9 Å². The van der Waals surface area contributed by atoms with Crippen molar-refractivity contribution in [1.82, 2.24) is 0 Å². The fourth-order valence-electron chi connectivity index (χ4n) is 1.96. The average molecular weight is 281 g/mol. The van der Waals surface area contributed by atoms with Crippen LogP contribution in [0.4, 0.5) is 5.69 Å². The minimum atomic E-state index is -0.440. The van der Waals surface area contributed by atoms with Gasteiger partial charge in [-0.1, -0.05) is 0 Å². The van der Waals surface area contributed by atoms with Crippen molar-refractivity contribution in [1.29, 1.82) is 0 Å². The zero-order chi connectivity index (χ0) is 13.8. The first-order valence-corrected chi connectivity index (χ1v) is 7.10. The summed E-state index contributed by atoms with van der Waals surface area (Å²) < 4.78 is 5.49. The number of nitrogens with zero attached hydrogens (tertiary/aromatic N) is 1. The number of benzene rings is 1. The van der Waals surface area contributed by atoms with Gasteiger partial charge in [0.2, 0.25) is 0 Å². The summed E-state index contributed by atoms with van der Waals surface area (Å²) in [6, 6.07) is 4.63. The van der Waals surface area contributed by atoms with Crippen molar-refractivity contribution in [2.75, 3.05) is 12.4 Å². The highest BCUT2D eigenvalue weighted by Gasteiger charge is 2.20. The molecule has 2 rings (SSSR count). The number of ketones is 1. The van der Waals surface area contributed by atoms with Crippen molar-refractivity contribution in [2.45, 2.75) is 30.8 Å². The Morgan fingerprint density at radius 3 is 2.95 bits per heavy atom. The van der Waals surface area contributed by atoms with Crippen molar-refractivity contribution in [3.63, 3.8) is 0 Å². The van der Waals surface area contributed by atoms with E-state index in [4.69, 9.17) is 4.74 Å². The molecule has 102 valence electrons. The van der Waals surface area contributed by atoms with Crippen molar-refractivity contribution in [3.8, 4) is 0 Å². The Bertz CT molecular complexity index is 497. The van der Waals surface area contributed by atoms with E-state index in [1.807, 2.05) is 0 Å². The van der Waals surface area contributed by atoms with Crippen LogP contribution in [0, 0.1) is 10.1 Å². The molecule has 0 aliphatic carbocycles. The molecule has 1 aliphatic heterocycles. The van der Waals surface area contributed by atoms with Crippen LogP contribution < -0.4 is 0 Å². The molecule has 0 saturated carbocycles. The van der Waals surface area contributed by atoms with Gasteiger partial charge in [0, 0.05) is 24.0 Å². The summed E-state index contributed by atoms with van der Waals surface area (Å²) >= 11 is 1.42. The molecular weight excluding hydrogens is 266 g/mol. The van der Waals surface area contributed by atoms with Gasteiger partial charge in [-0.15, -0.1) is 11.8 Å². The Hall–Kier alpha value is -1.40. The quantitative estimate of drug-likeness (QED) is 0.359. The summed E-state index contributed by atoms with van der Waals surface area (Å²) in [4.78, 5) is 22.4.